The molecule has 0 aliphatic heterocycles. The van der Waals surface area contributed by atoms with E-state index in [2.05, 4.69) is 4.74 Å². The first kappa shape index (κ1) is 14.5. The number of hydrogen-bond acceptors (Lipinski definition) is 5. The fourth-order valence-electron chi connectivity index (χ4n) is 1.77. The molecule has 0 radical (unpaired) electrons. The molecule has 0 N–H and O–H groups in total. The molecule has 108 valence electrons. The number of rotatable bonds is 4. The summed E-state index contributed by atoms with van der Waals surface area (Å²) in [6.07, 6.45) is 0. The van der Waals surface area contributed by atoms with Crippen molar-refractivity contribution in [2.45, 2.75) is 6.92 Å². The summed E-state index contributed by atoms with van der Waals surface area (Å²) in [6, 6.07) is 10.8. The number of methoxy groups -OCH3 is 1. The van der Waals surface area contributed by atoms with Crippen molar-refractivity contribution in [1.82, 2.24) is 0 Å². The molecule has 2 aromatic carbocycles. The van der Waals surface area contributed by atoms with Crippen LogP contribution >= 0.6 is 0 Å². The Labute approximate surface area is 121 Å². The van der Waals surface area contributed by atoms with Crippen LogP contribution in [0.25, 0.3) is 0 Å². The lowest BCUT2D eigenvalue weighted by atomic mass is 10.2. The number of carbonyl (C=O) groups excluding carboxylic acids is 1. The normalized spacial score (nSPS) is 10.0. The van der Waals surface area contributed by atoms with Crippen molar-refractivity contribution < 1.29 is 19.2 Å². The van der Waals surface area contributed by atoms with E-state index in [9.17, 15) is 14.9 Å². The second-order valence-corrected chi connectivity index (χ2v) is 4.32. The summed E-state index contributed by atoms with van der Waals surface area (Å²) in [5, 5.41) is 10.7. The second-order valence-electron chi connectivity index (χ2n) is 4.32. The smallest absolute Gasteiger partial charge is 0.337 e. The Bertz CT molecular complexity index is 679. The van der Waals surface area contributed by atoms with Gasteiger partial charge in [-0.15, -0.1) is 0 Å². The molecule has 0 aromatic heterocycles. The number of nitro groups is 1. The van der Waals surface area contributed by atoms with Gasteiger partial charge in [0.25, 0.3) is 5.69 Å². The first-order valence-electron chi connectivity index (χ1n) is 6.12. The Balaban J connectivity index is 2.18. The Hall–Kier alpha value is -2.89. The molecule has 0 amide bonds. The summed E-state index contributed by atoms with van der Waals surface area (Å²) in [4.78, 5) is 21.5. The van der Waals surface area contributed by atoms with Crippen LogP contribution < -0.4 is 4.74 Å². The van der Waals surface area contributed by atoms with Crippen LogP contribution in [0.1, 0.15) is 15.9 Å². The van der Waals surface area contributed by atoms with Crippen LogP contribution in [-0.2, 0) is 4.74 Å². The van der Waals surface area contributed by atoms with Gasteiger partial charge >= 0.3 is 5.97 Å². The predicted molar refractivity (Wildman–Crippen MR) is 75.7 cm³/mol. The van der Waals surface area contributed by atoms with Crippen molar-refractivity contribution in [2.75, 3.05) is 7.11 Å². The van der Waals surface area contributed by atoms with Crippen molar-refractivity contribution in [2.24, 2.45) is 0 Å². The van der Waals surface area contributed by atoms with Crippen LogP contribution in [-0.4, -0.2) is 18.0 Å². The summed E-state index contributed by atoms with van der Waals surface area (Å²) in [7, 11) is 1.31. The molecule has 0 aliphatic rings. The van der Waals surface area contributed by atoms with Crippen LogP contribution in [0, 0.1) is 17.0 Å². The number of nitrogens with zero attached hydrogens (tertiary/aromatic N) is 1. The van der Waals surface area contributed by atoms with Gasteiger partial charge in [-0.05, 0) is 42.8 Å². The third kappa shape index (κ3) is 3.36. The molecule has 6 heteroatoms. The zero-order chi connectivity index (χ0) is 15.4. The van der Waals surface area contributed by atoms with E-state index in [0.717, 1.165) is 0 Å². The maximum Gasteiger partial charge on any atom is 0.337 e. The zero-order valence-corrected chi connectivity index (χ0v) is 11.5. The number of non-ortho nitro benzene ring substituents is 1. The molecular formula is C15H13NO5. The van der Waals surface area contributed by atoms with Gasteiger partial charge in [0.1, 0.15) is 11.5 Å². The Morgan fingerprint density at radius 2 is 1.81 bits per heavy atom. The van der Waals surface area contributed by atoms with Crippen LogP contribution in [0.15, 0.2) is 42.5 Å². The minimum atomic E-state index is -0.456. The molecule has 0 saturated carbocycles. The largest absolute Gasteiger partial charge is 0.465 e. The van der Waals surface area contributed by atoms with Gasteiger partial charge in [-0.3, -0.25) is 10.1 Å². The monoisotopic (exact) mass is 287 g/mol. The molecule has 6 nitrogen and oxygen atoms in total. The number of esters is 1. The lowest BCUT2D eigenvalue weighted by Crippen LogP contribution is -2.00. The average molecular weight is 287 g/mol. The number of ether oxygens (including phenoxy) is 2. The highest BCUT2D eigenvalue weighted by molar-refractivity contribution is 5.89. The van der Waals surface area contributed by atoms with Crippen LogP contribution in [0.5, 0.6) is 11.5 Å². The fourth-order valence-corrected chi connectivity index (χ4v) is 1.77. The Kier molecular flexibility index (Phi) is 4.18. The number of hydrogen-bond donors (Lipinski definition) is 0. The maximum atomic E-state index is 11.3. The van der Waals surface area contributed by atoms with E-state index in [1.807, 2.05) is 0 Å². The van der Waals surface area contributed by atoms with Gasteiger partial charge in [-0.25, -0.2) is 4.79 Å². The lowest BCUT2D eigenvalue weighted by Gasteiger charge is -2.08. The third-order valence-electron chi connectivity index (χ3n) is 2.87. The number of nitro benzene ring substituents is 1. The summed E-state index contributed by atoms with van der Waals surface area (Å²) in [5.74, 6) is 0.624. The third-order valence-corrected chi connectivity index (χ3v) is 2.87. The van der Waals surface area contributed by atoms with Gasteiger partial charge in [0.2, 0.25) is 0 Å². The molecule has 0 heterocycles. The van der Waals surface area contributed by atoms with E-state index in [-0.39, 0.29) is 5.69 Å². The molecule has 0 aliphatic carbocycles. The first-order valence-corrected chi connectivity index (χ1v) is 6.12. The molecule has 0 fully saturated rings. The highest BCUT2D eigenvalue weighted by Crippen LogP contribution is 2.28. The lowest BCUT2D eigenvalue weighted by molar-refractivity contribution is -0.384. The summed E-state index contributed by atoms with van der Waals surface area (Å²) >= 11 is 0. The van der Waals surface area contributed by atoms with Gasteiger partial charge < -0.3 is 9.47 Å². The summed E-state index contributed by atoms with van der Waals surface area (Å²) in [5.41, 5.74) is 1.09. The van der Waals surface area contributed by atoms with Crippen molar-refractivity contribution >= 4 is 11.7 Å². The van der Waals surface area contributed by atoms with Crippen molar-refractivity contribution in [3.05, 3.63) is 63.7 Å². The topological polar surface area (TPSA) is 78.7 Å². The molecule has 0 bridgehead atoms. The summed E-state index contributed by atoms with van der Waals surface area (Å²) < 4.78 is 10.2. The van der Waals surface area contributed by atoms with Crippen LogP contribution in [0.2, 0.25) is 0 Å². The quantitative estimate of drug-likeness (QED) is 0.488. The van der Waals surface area contributed by atoms with Gasteiger partial charge in [-0.1, -0.05) is 0 Å². The Morgan fingerprint density at radius 1 is 1.14 bits per heavy atom. The fraction of sp³-hybridized carbons (Fsp3) is 0.133. The van der Waals surface area contributed by atoms with Crippen molar-refractivity contribution in [3.63, 3.8) is 0 Å². The molecule has 0 spiro atoms. The van der Waals surface area contributed by atoms with Gasteiger partial charge in [-0.2, -0.15) is 0 Å². The van der Waals surface area contributed by atoms with E-state index in [0.29, 0.717) is 22.6 Å². The highest BCUT2D eigenvalue weighted by Gasteiger charge is 2.10. The van der Waals surface area contributed by atoms with Crippen LogP contribution in [0.3, 0.4) is 0 Å². The van der Waals surface area contributed by atoms with Gasteiger partial charge in [0.05, 0.1) is 17.6 Å². The van der Waals surface area contributed by atoms with E-state index >= 15 is 0 Å². The van der Waals surface area contributed by atoms with E-state index in [1.54, 1.807) is 37.3 Å². The number of carbonyl (C=O) groups is 1. The summed E-state index contributed by atoms with van der Waals surface area (Å²) in [6.45, 7) is 1.73. The standard InChI is InChI=1S/C15H13NO5/c1-10-9-12(16(18)19)5-8-14(10)21-13-6-3-11(4-7-13)15(17)20-2/h3-9H,1-2H3. The molecule has 2 aromatic rings. The van der Waals surface area contributed by atoms with Gasteiger partial charge in [0, 0.05) is 12.1 Å². The van der Waals surface area contributed by atoms with E-state index < -0.39 is 10.9 Å². The molecule has 2 rings (SSSR count). The first-order chi connectivity index (χ1) is 10.0. The van der Waals surface area contributed by atoms with Crippen molar-refractivity contribution in [3.8, 4) is 11.5 Å². The molecular weight excluding hydrogens is 274 g/mol. The molecule has 0 atom stereocenters. The van der Waals surface area contributed by atoms with Crippen molar-refractivity contribution in [1.29, 1.82) is 0 Å². The molecule has 0 unspecified atom stereocenters. The van der Waals surface area contributed by atoms with Crippen LogP contribution in [0.4, 0.5) is 5.69 Å². The average Bonchev–Trinajstić information content (AvgIpc) is 2.49. The molecule has 21 heavy (non-hydrogen) atoms. The number of benzene rings is 2. The predicted octanol–water partition coefficient (Wildman–Crippen LogP) is 3.48. The maximum absolute atomic E-state index is 11.3. The zero-order valence-electron chi connectivity index (χ0n) is 11.5. The second kappa shape index (κ2) is 6.04. The van der Waals surface area contributed by atoms with Gasteiger partial charge in [0.15, 0.2) is 0 Å². The number of aryl methyl sites for hydroxylation is 1. The molecule has 0 saturated heterocycles. The minimum absolute atomic E-state index is 0.0147. The van der Waals surface area contributed by atoms with E-state index in [4.69, 9.17) is 4.74 Å². The Morgan fingerprint density at radius 3 is 2.33 bits per heavy atom. The van der Waals surface area contributed by atoms with E-state index in [1.165, 1.54) is 19.2 Å². The minimum Gasteiger partial charge on any atom is -0.465 e. The SMILES string of the molecule is COC(=O)c1ccc(Oc2ccc([N+](=O)[O-])cc2C)cc1. The highest BCUT2D eigenvalue weighted by atomic mass is 16.6.